The summed E-state index contributed by atoms with van der Waals surface area (Å²) in [4.78, 5) is 0. The summed E-state index contributed by atoms with van der Waals surface area (Å²) in [7, 11) is 13.3. The third kappa shape index (κ3) is 5.09. The monoisotopic (exact) mass is 667 g/mol. The van der Waals surface area contributed by atoms with Crippen LogP contribution in [0.4, 0.5) is 0 Å². The normalized spacial score (nSPS) is 24.4. The van der Waals surface area contributed by atoms with Crippen molar-refractivity contribution in [3.63, 3.8) is 0 Å². The molecular formula is C24H45Cl2HfSi3. The number of hydrogen-bond acceptors (Lipinski definition) is 0. The van der Waals surface area contributed by atoms with Crippen LogP contribution in [0.25, 0.3) is 0 Å². The molecule has 0 spiro atoms. The van der Waals surface area contributed by atoms with Crippen LogP contribution in [0.2, 0.25) is 59.7 Å². The van der Waals surface area contributed by atoms with Gasteiger partial charge >= 0.3 is 200 Å². The van der Waals surface area contributed by atoms with Crippen LogP contribution in [0.5, 0.6) is 0 Å². The van der Waals surface area contributed by atoms with Gasteiger partial charge in [0.05, 0.1) is 0 Å². The molecule has 2 aliphatic rings. The average molecular weight is 667 g/mol. The van der Waals surface area contributed by atoms with Crippen LogP contribution in [-0.4, -0.2) is 22.1 Å². The van der Waals surface area contributed by atoms with Crippen LogP contribution in [0.15, 0.2) is 45.8 Å². The van der Waals surface area contributed by atoms with E-state index in [1.165, 1.54) is 24.0 Å². The molecule has 6 heteroatoms. The fourth-order valence-electron chi connectivity index (χ4n) is 5.36. The molecular weight excluding hydrogens is 622 g/mol. The summed E-state index contributed by atoms with van der Waals surface area (Å²) in [6.07, 6.45) is 14.9. The van der Waals surface area contributed by atoms with Crippen LogP contribution in [0.1, 0.15) is 39.5 Å². The molecule has 0 saturated heterocycles. The van der Waals surface area contributed by atoms with Crippen molar-refractivity contribution in [3.8, 4) is 0 Å². The van der Waals surface area contributed by atoms with Crippen molar-refractivity contribution >= 4 is 39.3 Å². The minimum absolute atomic E-state index is 0.354. The van der Waals surface area contributed by atoms with Gasteiger partial charge in [0.2, 0.25) is 0 Å². The second-order valence-electron chi connectivity index (χ2n) is 12.0. The molecule has 0 fully saturated rings. The van der Waals surface area contributed by atoms with Crippen molar-refractivity contribution < 1.29 is 15.3 Å². The molecule has 0 aromatic heterocycles. The van der Waals surface area contributed by atoms with Gasteiger partial charge in [-0.1, -0.05) is 0 Å². The zero-order chi connectivity index (χ0) is 23.1. The van der Waals surface area contributed by atoms with Gasteiger partial charge in [0.1, 0.15) is 0 Å². The van der Waals surface area contributed by atoms with Crippen molar-refractivity contribution in [2.45, 2.75) is 99.3 Å². The van der Waals surface area contributed by atoms with Crippen molar-refractivity contribution in [2.24, 2.45) is 0 Å². The van der Waals surface area contributed by atoms with E-state index in [-0.39, 0.29) is 0 Å². The summed E-state index contributed by atoms with van der Waals surface area (Å²) in [6.45, 7) is 24.4. The fraction of sp³-hybridized carbons (Fsp3) is 0.667. The first kappa shape index (κ1) is 27.3. The Morgan fingerprint density at radius 3 is 1.33 bits per heavy atom. The predicted octanol–water partition coefficient (Wildman–Crippen LogP) is 9.63. The second kappa shape index (κ2) is 9.37. The van der Waals surface area contributed by atoms with E-state index in [2.05, 4.69) is 90.5 Å². The van der Waals surface area contributed by atoms with Gasteiger partial charge in [0.15, 0.2) is 0 Å². The van der Waals surface area contributed by atoms with Crippen LogP contribution in [0.3, 0.4) is 0 Å². The molecule has 0 nitrogen and oxygen atoms in total. The third-order valence-electron chi connectivity index (χ3n) is 7.21. The topological polar surface area (TPSA) is 0 Å². The standard InChI is InChI=1S/2C11H19Si.C2H7Si.2ClH.Hf/c2*1-5-6-10-7-8-11(9-10)12(2,3)4;1-3-2;;;/h2*7-9H,5-6H2,1-4H3;3H,1-2H3;2*1H;/q;;;;;+2/p-2. The molecule has 0 aromatic carbocycles. The summed E-state index contributed by atoms with van der Waals surface area (Å²) in [5, 5.41) is 3.31. The zero-order valence-corrected chi connectivity index (χ0v) is 29.4. The fourth-order valence-corrected chi connectivity index (χ4v) is 66.2. The summed E-state index contributed by atoms with van der Waals surface area (Å²) >= 11 is -4.41. The molecule has 0 N–H and O–H groups in total. The van der Waals surface area contributed by atoms with Gasteiger partial charge in [-0.05, 0) is 0 Å². The van der Waals surface area contributed by atoms with Gasteiger partial charge < -0.3 is 0 Å². The zero-order valence-electron chi connectivity index (χ0n) is 21.1. The number of hydrogen-bond donors (Lipinski definition) is 0. The first-order valence-electron chi connectivity index (χ1n) is 12.0. The maximum atomic E-state index is 8.19. The molecule has 0 radical (unpaired) electrons. The van der Waals surface area contributed by atoms with Crippen LogP contribution in [0, 0.1) is 0 Å². The van der Waals surface area contributed by atoms with Gasteiger partial charge in [0, 0.05) is 0 Å². The Morgan fingerprint density at radius 2 is 1.10 bits per heavy atom. The van der Waals surface area contributed by atoms with Gasteiger partial charge in [-0.15, -0.1) is 0 Å². The van der Waals surface area contributed by atoms with Gasteiger partial charge in [-0.2, -0.15) is 0 Å². The number of halogens is 2. The molecule has 2 rings (SSSR count). The van der Waals surface area contributed by atoms with E-state index in [1.54, 1.807) is 10.4 Å². The van der Waals surface area contributed by atoms with Gasteiger partial charge in [-0.3, -0.25) is 0 Å². The Kier molecular flexibility index (Phi) is 8.53. The third-order valence-corrected chi connectivity index (χ3v) is 86.6. The van der Waals surface area contributed by atoms with Gasteiger partial charge in [0.25, 0.3) is 0 Å². The molecule has 171 valence electrons. The number of allylic oxidation sites excluding steroid dienone is 8. The van der Waals surface area contributed by atoms with Crippen molar-refractivity contribution in [3.05, 3.63) is 45.8 Å². The van der Waals surface area contributed by atoms with Gasteiger partial charge in [-0.25, -0.2) is 0 Å². The number of rotatable bonds is 9. The molecule has 0 aliphatic heterocycles. The molecule has 0 saturated carbocycles. The molecule has 0 amide bonds. The Morgan fingerprint density at radius 1 is 0.767 bits per heavy atom. The van der Waals surface area contributed by atoms with Crippen molar-refractivity contribution in [1.82, 2.24) is 0 Å². The molecule has 2 atom stereocenters. The van der Waals surface area contributed by atoms with E-state index in [9.17, 15) is 0 Å². The SMILES string of the molecule is CCCC1=C[CH]([Hf]([Cl])([Cl])([CH]2C=C(CCC)C=C2[Si](C)(C)C)[SiH](C)C)C([Si](C)(C)C)=C1. The second-order valence-corrected chi connectivity index (χ2v) is 81.8. The molecule has 0 aromatic rings. The first-order chi connectivity index (χ1) is 13.6. The summed E-state index contributed by atoms with van der Waals surface area (Å²) in [6, 6.07) is 0. The van der Waals surface area contributed by atoms with E-state index >= 15 is 0 Å². The van der Waals surface area contributed by atoms with E-state index in [1.807, 2.05) is 0 Å². The Bertz CT molecular complexity index is 732. The molecule has 2 aliphatic carbocycles. The Labute approximate surface area is 198 Å². The van der Waals surface area contributed by atoms with E-state index in [4.69, 9.17) is 17.2 Å². The van der Waals surface area contributed by atoms with E-state index in [0.29, 0.717) is 7.35 Å². The van der Waals surface area contributed by atoms with Crippen LogP contribution >= 0.6 is 17.2 Å². The van der Waals surface area contributed by atoms with Crippen LogP contribution < -0.4 is 0 Å². The van der Waals surface area contributed by atoms with E-state index in [0.717, 1.165) is 12.8 Å². The van der Waals surface area contributed by atoms with Crippen molar-refractivity contribution in [2.75, 3.05) is 0 Å². The van der Waals surface area contributed by atoms with Crippen LogP contribution in [-0.2, 0) is 15.3 Å². The average Bonchev–Trinajstić information content (AvgIpc) is 3.20. The summed E-state index contributed by atoms with van der Waals surface area (Å²) < 4.78 is 0.708. The molecule has 2 unspecified atom stereocenters. The Hall–Kier alpha value is 1.06. The van der Waals surface area contributed by atoms with E-state index < -0.39 is 37.4 Å². The van der Waals surface area contributed by atoms with Crippen molar-refractivity contribution in [1.29, 1.82) is 0 Å². The summed E-state index contributed by atoms with van der Waals surface area (Å²) in [5.74, 6) is -1.31. The molecule has 0 bridgehead atoms. The summed E-state index contributed by atoms with van der Waals surface area (Å²) in [5.41, 5.74) is 3.02. The Balaban J connectivity index is 2.75. The maximum absolute atomic E-state index is 8.19. The minimum atomic E-state index is -4.41. The first-order valence-corrected chi connectivity index (χ1v) is 41.2. The molecule has 30 heavy (non-hydrogen) atoms. The molecule has 0 heterocycles. The predicted molar refractivity (Wildman–Crippen MR) is 147 cm³/mol. The quantitative estimate of drug-likeness (QED) is 0.215.